The molecule has 1 aliphatic rings. The quantitative estimate of drug-likeness (QED) is 0.722. The summed E-state index contributed by atoms with van der Waals surface area (Å²) < 4.78 is 24.9. The van der Waals surface area contributed by atoms with Gasteiger partial charge in [0.05, 0.1) is 6.54 Å². The molecule has 1 aliphatic carbocycles. The summed E-state index contributed by atoms with van der Waals surface area (Å²) in [6, 6.07) is -0.396. The molecule has 0 spiro atoms. The second-order valence-corrected chi connectivity index (χ2v) is 4.02. The highest BCUT2D eigenvalue weighted by atomic mass is 19.3. The van der Waals surface area contributed by atoms with Crippen molar-refractivity contribution in [2.75, 3.05) is 27.2 Å². The summed E-state index contributed by atoms with van der Waals surface area (Å²) in [5, 5.41) is 4.68. The van der Waals surface area contributed by atoms with E-state index in [9.17, 15) is 18.4 Å². The standard InChI is InChI=1S/C9H15F2N3O2/c1-14(2)8(16)13-5-7(15)12-4-6-3-9(6,10)11/h6H,3-5H2,1-2H3,(H,12,15)(H,13,16). The Labute approximate surface area is 92.2 Å². The summed E-state index contributed by atoms with van der Waals surface area (Å²) >= 11 is 0. The molecule has 0 saturated heterocycles. The monoisotopic (exact) mass is 235 g/mol. The molecule has 1 fully saturated rings. The van der Waals surface area contributed by atoms with Crippen molar-refractivity contribution in [3.05, 3.63) is 0 Å². The number of nitrogens with zero attached hydrogens (tertiary/aromatic N) is 1. The number of nitrogens with one attached hydrogen (secondary N) is 2. The van der Waals surface area contributed by atoms with Crippen molar-refractivity contribution < 1.29 is 18.4 Å². The van der Waals surface area contributed by atoms with Crippen LogP contribution in [0.5, 0.6) is 0 Å². The summed E-state index contributed by atoms with van der Waals surface area (Å²) in [4.78, 5) is 23.4. The van der Waals surface area contributed by atoms with E-state index in [0.717, 1.165) is 0 Å². The highest BCUT2D eigenvalue weighted by Gasteiger charge is 2.56. The molecule has 0 radical (unpaired) electrons. The van der Waals surface area contributed by atoms with Gasteiger partial charge in [-0.1, -0.05) is 0 Å². The molecule has 0 aromatic carbocycles. The Morgan fingerprint density at radius 3 is 2.38 bits per heavy atom. The SMILES string of the molecule is CN(C)C(=O)NCC(=O)NCC1CC1(F)F. The van der Waals surface area contributed by atoms with E-state index >= 15 is 0 Å². The van der Waals surface area contributed by atoms with E-state index in [4.69, 9.17) is 0 Å². The van der Waals surface area contributed by atoms with Gasteiger partial charge in [-0.15, -0.1) is 0 Å². The molecule has 7 heteroatoms. The molecule has 0 aromatic rings. The predicted molar refractivity (Wildman–Crippen MR) is 53.1 cm³/mol. The molecule has 5 nitrogen and oxygen atoms in total. The topological polar surface area (TPSA) is 61.4 Å². The molecule has 1 rings (SSSR count). The molecule has 0 bridgehead atoms. The first-order chi connectivity index (χ1) is 7.33. The van der Waals surface area contributed by atoms with Crippen LogP contribution in [-0.4, -0.2) is 49.9 Å². The third kappa shape index (κ3) is 3.63. The van der Waals surface area contributed by atoms with Crippen LogP contribution in [0.4, 0.5) is 13.6 Å². The molecule has 2 N–H and O–H groups in total. The van der Waals surface area contributed by atoms with E-state index < -0.39 is 23.8 Å². The van der Waals surface area contributed by atoms with Crippen molar-refractivity contribution in [1.29, 1.82) is 0 Å². The highest BCUT2D eigenvalue weighted by Crippen LogP contribution is 2.47. The summed E-state index contributed by atoms with van der Waals surface area (Å²) in [6.07, 6.45) is -0.169. The Balaban J connectivity index is 2.10. The molecule has 0 aliphatic heterocycles. The second kappa shape index (κ2) is 4.63. The summed E-state index contributed by atoms with van der Waals surface area (Å²) in [7, 11) is 3.08. The molecule has 16 heavy (non-hydrogen) atoms. The van der Waals surface area contributed by atoms with Crippen LogP contribution in [0, 0.1) is 5.92 Å². The Bertz CT molecular complexity index is 294. The number of carbonyl (C=O) groups is 2. The van der Waals surface area contributed by atoms with Crippen LogP contribution in [0.15, 0.2) is 0 Å². The van der Waals surface area contributed by atoms with Crippen molar-refractivity contribution in [3.63, 3.8) is 0 Å². The fourth-order valence-corrected chi connectivity index (χ4v) is 1.10. The van der Waals surface area contributed by atoms with Gasteiger partial charge in [-0.25, -0.2) is 13.6 Å². The van der Waals surface area contributed by atoms with Crippen molar-refractivity contribution in [3.8, 4) is 0 Å². The number of hydrogen-bond acceptors (Lipinski definition) is 2. The van der Waals surface area contributed by atoms with E-state index in [1.807, 2.05) is 0 Å². The Morgan fingerprint density at radius 2 is 1.94 bits per heavy atom. The van der Waals surface area contributed by atoms with Gasteiger partial charge >= 0.3 is 6.03 Å². The molecule has 1 atom stereocenters. The third-order valence-electron chi connectivity index (χ3n) is 2.31. The lowest BCUT2D eigenvalue weighted by Crippen LogP contribution is -2.42. The number of amides is 3. The molecular weight excluding hydrogens is 220 g/mol. The van der Waals surface area contributed by atoms with Crippen molar-refractivity contribution in [2.24, 2.45) is 5.92 Å². The number of carbonyl (C=O) groups excluding carboxylic acids is 2. The first-order valence-electron chi connectivity index (χ1n) is 4.92. The zero-order valence-corrected chi connectivity index (χ0v) is 9.22. The maximum Gasteiger partial charge on any atom is 0.317 e. The van der Waals surface area contributed by atoms with Gasteiger partial charge in [0.25, 0.3) is 5.92 Å². The maximum absolute atomic E-state index is 12.4. The van der Waals surface area contributed by atoms with Crippen molar-refractivity contribution in [2.45, 2.75) is 12.3 Å². The zero-order valence-electron chi connectivity index (χ0n) is 9.22. The fraction of sp³-hybridized carbons (Fsp3) is 0.778. The Morgan fingerprint density at radius 1 is 1.38 bits per heavy atom. The number of rotatable bonds is 4. The maximum atomic E-state index is 12.4. The van der Waals surface area contributed by atoms with Gasteiger partial charge in [-0.05, 0) is 0 Å². The summed E-state index contributed by atoms with van der Waals surface area (Å²) in [5.41, 5.74) is 0. The molecule has 92 valence electrons. The molecule has 1 unspecified atom stereocenters. The highest BCUT2D eigenvalue weighted by molar-refractivity contribution is 5.83. The molecule has 0 heterocycles. The normalized spacial score (nSPS) is 21.1. The van der Waals surface area contributed by atoms with Gasteiger partial charge in [0.2, 0.25) is 5.91 Å². The lowest BCUT2D eigenvalue weighted by molar-refractivity contribution is -0.120. The Hall–Kier alpha value is -1.40. The van der Waals surface area contributed by atoms with Crippen LogP contribution in [0.2, 0.25) is 0 Å². The smallest absolute Gasteiger partial charge is 0.317 e. The summed E-state index contributed by atoms with van der Waals surface area (Å²) in [5.74, 6) is -3.83. The van der Waals surface area contributed by atoms with Crippen LogP contribution in [0.1, 0.15) is 6.42 Å². The largest absolute Gasteiger partial charge is 0.354 e. The average molecular weight is 235 g/mol. The summed E-state index contributed by atoms with van der Waals surface area (Å²) in [6.45, 7) is -0.237. The Kier molecular flexibility index (Phi) is 3.66. The minimum absolute atomic E-state index is 0.0380. The molecular formula is C9H15F2N3O2. The van der Waals surface area contributed by atoms with E-state index in [-0.39, 0.29) is 19.5 Å². The predicted octanol–water partition coefficient (Wildman–Crippen LogP) is 0.0290. The molecule has 3 amide bonds. The van der Waals surface area contributed by atoms with Crippen LogP contribution in [-0.2, 0) is 4.79 Å². The van der Waals surface area contributed by atoms with Gasteiger partial charge < -0.3 is 15.5 Å². The van der Waals surface area contributed by atoms with E-state index in [1.54, 1.807) is 0 Å². The van der Waals surface area contributed by atoms with E-state index in [1.165, 1.54) is 19.0 Å². The zero-order chi connectivity index (χ0) is 12.3. The third-order valence-corrected chi connectivity index (χ3v) is 2.31. The number of hydrogen-bond donors (Lipinski definition) is 2. The van der Waals surface area contributed by atoms with E-state index in [0.29, 0.717) is 0 Å². The first kappa shape index (κ1) is 12.7. The van der Waals surface area contributed by atoms with Crippen LogP contribution >= 0.6 is 0 Å². The van der Waals surface area contributed by atoms with Gasteiger partial charge in [0, 0.05) is 33.0 Å². The van der Waals surface area contributed by atoms with Crippen LogP contribution < -0.4 is 10.6 Å². The minimum atomic E-state index is -2.62. The van der Waals surface area contributed by atoms with Gasteiger partial charge in [-0.3, -0.25) is 4.79 Å². The van der Waals surface area contributed by atoms with Crippen molar-refractivity contribution in [1.82, 2.24) is 15.5 Å². The molecule has 0 aromatic heterocycles. The van der Waals surface area contributed by atoms with Crippen molar-refractivity contribution >= 4 is 11.9 Å². The minimum Gasteiger partial charge on any atom is -0.354 e. The van der Waals surface area contributed by atoms with Crippen LogP contribution in [0.25, 0.3) is 0 Å². The van der Waals surface area contributed by atoms with Gasteiger partial charge in [0.1, 0.15) is 0 Å². The fourth-order valence-electron chi connectivity index (χ4n) is 1.10. The lowest BCUT2D eigenvalue weighted by Gasteiger charge is -2.11. The molecule has 1 saturated carbocycles. The van der Waals surface area contributed by atoms with Gasteiger partial charge in [-0.2, -0.15) is 0 Å². The first-order valence-corrected chi connectivity index (χ1v) is 4.92. The average Bonchev–Trinajstić information content (AvgIpc) is 2.79. The number of urea groups is 1. The second-order valence-electron chi connectivity index (χ2n) is 4.02. The van der Waals surface area contributed by atoms with Gasteiger partial charge in [0.15, 0.2) is 0 Å². The number of halogens is 2. The van der Waals surface area contributed by atoms with E-state index in [2.05, 4.69) is 10.6 Å². The lowest BCUT2D eigenvalue weighted by atomic mass is 10.4. The van der Waals surface area contributed by atoms with Crippen LogP contribution in [0.3, 0.4) is 0 Å². The number of alkyl halides is 2.